The van der Waals surface area contributed by atoms with Crippen molar-refractivity contribution in [3.05, 3.63) is 11.6 Å². The maximum atomic E-state index is 4.21. The van der Waals surface area contributed by atoms with E-state index in [-0.39, 0.29) is 0 Å². The number of allylic oxidation sites excluding steroid dienone is 2. The van der Waals surface area contributed by atoms with Gasteiger partial charge in [-0.3, -0.25) is 4.99 Å². The third-order valence-corrected chi connectivity index (χ3v) is 0.984. The smallest absolute Gasteiger partial charge is 0.0885 e. The lowest BCUT2D eigenvalue weighted by Gasteiger charge is -1.93. The van der Waals surface area contributed by atoms with E-state index in [2.05, 4.69) is 30.2 Å². The van der Waals surface area contributed by atoms with Crippen LogP contribution in [0.5, 0.6) is 0 Å². The Hall–Kier alpha value is -0.630. The molecule has 58 valence electrons. The van der Waals surface area contributed by atoms with Gasteiger partial charge in [0.25, 0.3) is 0 Å². The van der Waals surface area contributed by atoms with E-state index in [0.717, 1.165) is 5.71 Å². The maximum absolute atomic E-state index is 4.21. The van der Waals surface area contributed by atoms with Crippen LogP contribution in [-0.4, -0.2) is 19.4 Å². The minimum absolute atomic E-state index is 0.704. The molecule has 0 heterocycles. The van der Waals surface area contributed by atoms with Crippen molar-refractivity contribution in [3.63, 3.8) is 0 Å². The molecule has 0 spiro atoms. The van der Waals surface area contributed by atoms with Crippen LogP contribution in [0.1, 0.15) is 20.8 Å². The fraction of sp³-hybridized carbons (Fsp3) is 0.625. The second-order valence-corrected chi connectivity index (χ2v) is 2.53. The molecule has 0 unspecified atom stereocenters. The molecule has 10 heavy (non-hydrogen) atoms. The zero-order valence-electron chi connectivity index (χ0n) is 7.23. The second kappa shape index (κ2) is 5.18. The number of hydrogen-bond acceptors (Lipinski definition) is 2. The highest BCUT2D eigenvalue weighted by Crippen LogP contribution is 1.89. The van der Waals surface area contributed by atoms with Crippen molar-refractivity contribution in [2.45, 2.75) is 20.8 Å². The third kappa shape index (κ3) is 5.51. The summed E-state index contributed by atoms with van der Waals surface area (Å²) in [5, 5.41) is 2.96. The van der Waals surface area contributed by atoms with Crippen LogP contribution in [0.25, 0.3) is 0 Å². The van der Waals surface area contributed by atoms with Crippen molar-refractivity contribution in [2.75, 3.05) is 13.7 Å². The number of hydrogen-bond donors (Lipinski definition) is 1. The SMILES string of the molecule is CNC/N=C(/C)C=C(C)C. The Labute approximate surface area is 63.0 Å². The zero-order chi connectivity index (χ0) is 7.98. The Bertz CT molecular complexity index is 141. The average molecular weight is 140 g/mol. The monoisotopic (exact) mass is 140 g/mol. The summed E-state index contributed by atoms with van der Waals surface area (Å²) in [7, 11) is 1.89. The predicted octanol–water partition coefficient (Wildman–Crippen LogP) is 1.59. The Morgan fingerprint density at radius 2 is 2.00 bits per heavy atom. The summed E-state index contributed by atoms with van der Waals surface area (Å²) < 4.78 is 0. The van der Waals surface area contributed by atoms with Crippen LogP contribution in [0, 0.1) is 0 Å². The van der Waals surface area contributed by atoms with E-state index in [9.17, 15) is 0 Å². The van der Waals surface area contributed by atoms with Gasteiger partial charge in [0.1, 0.15) is 0 Å². The lowest BCUT2D eigenvalue weighted by atomic mass is 10.2. The van der Waals surface area contributed by atoms with E-state index in [1.54, 1.807) is 0 Å². The number of aliphatic imine (C=N–C) groups is 1. The van der Waals surface area contributed by atoms with Crippen LogP contribution in [-0.2, 0) is 0 Å². The zero-order valence-corrected chi connectivity index (χ0v) is 7.23. The van der Waals surface area contributed by atoms with Gasteiger partial charge in [0, 0.05) is 5.71 Å². The second-order valence-electron chi connectivity index (χ2n) is 2.53. The Morgan fingerprint density at radius 1 is 1.40 bits per heavy atom. The van der Waals surface area contributed by atoms with E-state index in [1.165, 1.54) is 5.57 Å². The molecule has 0 bridgehead atoms. The minimum Gasteiger partial charge on any atom is -0.301 e. The Kier molecular flexibility index (Phi) is 4.85. The summed E-state index contributed by atoms with van der Waals surface area (Å²) in [6.45, 7) is 6.84. The van der Waals surface area contributed by atoms with Gasteiger partial charge in [0.05, 0.1) is 6.67 Å². The van der Waals surface area contributed by atoms with Gasteiger partial charge in [-0.2, -0.15) is 0 Å². The van der Waals surface area contributed by atoms with Crippen molar-refractivity contribution in [2.24, 2.45) is 4.99 Å². The van der Waals surface area contributed by atoms with Gasteiger partial charge in [-0.05, 0) is 33.9 Å². The molecule has 0 aliphatic heterocycles. The molecule has 0 saturated carbocycles. The summed E-state index contributed by atoms with van der Waals surface area (Å²) >= 11 is 0. The predicted molar refractivity (Wildman–Crippen MR) is 46.5 cm³/mol. The van der Waals surface area contributed by atoms with Gasteiger partial charge in [0.15, 0.2) is 0 Å². The summed E-state index contributed by atoms with van der Waals surface area (Å²) in [5.41, 5.74) is 2.37. The Balaban J connectivity index is 3.82. The van der Waals surface area contributed by atoms with Gasteiger partial charge < -0.3 is 5.32 Å². The van der Waals surface area contributed by atoms with Gasteiger partial charge >= 0.3 is 0 Å². The number of rotatable bonds is 3. The molecule has 0 radical (unpaired) electrons. The number of nitrogens with one attached hydrogen (secondary N) is 1. The molecule has 0 atom stereocenters. The van der Waals surface area contributed by atoms with Crippen LogP contribution in [0.2, 0.25) is 0 Å². The molecule has 0 aromatic carbocycles. The molecule has 2 nitrogen and oxygen atoms in total. The van der Waals surface area contributed by atoms with Crippen LogP contribution >= 0.6 is 0 Å². The van der Waals surface area contributed by atoms with Crippen molar-refractivity contribution in [1.29, 1.82) is 0 Å². The molecule has 0 aliphatic carbocycles. The van der Waals surface area contributed by atoms with Gasteiger partial charge in [-0.15, -0.1) is 0 Å². The van der Waals surface area contributed by atoms with Crippen molar-refractivity contribution in [3.8, 4) is 0 Å². The highest BCUT2D eigenvalue weighted by molar-refractivity contribution is 5.93. The lowest BCUT2D eigenvalue weighted by molar-refractivity contribution is 0.835. The average Bonchev–Trinajstić information content (AvgIpc) is 1.82. The van der Waals surface area contributed by atoms with Crippen LogP contribution in [0.15, 0.2) is 16.6 Å². The largest absolute Gasteiger partial charge is 0.301 e. The molecule has 0 fully saturated rings. The molecular weight excluding hydrogens is 124 g/mol. The standard InChI is InChI=1S/C8H16N2/c1-7(2)5-8(3)10-6-9-4/h5,9H,6H2,1-4H3/b10-8-. The Morgan fingerprint density at radius 3 is 2.40 bits per heavy atom. The highest BCUT2D eigenvalue weighted by Gasteiger charge is 1.82. The molecule has 0 aliphatic rings. The molecule has 0 amide bonds. The first-order chi connectivity index (χ1) is 4.66. The van der Waals surface area contributed by atoms with Crippen LogP contribution in [0.3, 0.4) is 0 Å². The normalized spacial score (nSPS) is 11.4. The summed E-state index contributed by atoms with van der Waals surface area (Å²) in [4.78, 5) is 4.21. The minimum atomic E-state index is 0.704. The molecule has 0 aromatic heterocycles. The van der Waals surface area contributed by atoms with Crippen LogP contribution < -0.4 is 5.32 Å². The first-order valence-electron chi connectivity index (χ1n) is 3.47. The maximum Gasteiger partial charge on any atom is 0.0885 e. The van der Waals surface area contributed by atoms with E-state index >= 15 is 0 Å². The first kappa shape index (κ1) is 9.37. The van der Waals surface area contributed by atoms with E-state index in [0.29, 0.717) is 6.67 Å². The molecule has 0 rings (SSSR count). The summed E-state index contributed by atoms with van der Waals surface area (Å²) in [6.07, 6.45) is 2.07. The number of nitrogens with zero attached hydrogens (tertiary/aromatic N) is 1. The topological polar surface area (TPSA) is 24.4 Å². The van der Waals surface area contributed by atoms with Crippen molar-refractivity contribution >= 4 is 5.71 Å². The fourth-order valence-corrected chi connectivity index (χ4v) is 0.667. The van der Waals surface area contributed by atoms with E-state index in [1.807, 2.05) is 14.0 Å². The molecule has 0 saturated heterocycles. The van der Waals surface area contributed by atoms with Gasteiger partial charge in [0.2, 0.25) is 0 Å². The lowest BCUT2D eigenvalue weighted by Crippen LogP contribution is -2.06. The molecule has 0 aromatic rings. The van der Waals surface area contributed by atoms with E-state index < -0.39 is 0 Å². The molecule has 1 N–H and O–H groups in total. The van der Waals surface area contributed by atoms with E-state index in [4.69, 9.17) is 0 Å². The van der Waals surface area contributed by atoms with Gasteiger partial charge in [-0.25, -0.2) is 0 Å². The summed E-state index contributed by atoms with van der Waals surface area (Å²) in [5.74, 6) is 0. The molecular formula is C8H16N2. The van der Waals surface area contributed by atoms with Gasteiger partial charge in [-0.1, -0.05) is 5.57 Å². The first-order valence-corrected chi connectivity index (χ1v) is 3.47. The quantitative estimate of drug-likeness (QED) is 0.591. The third-order valence-electron chi connectivity index (χ3n) is 0.984. The molecule has 2 heteroatoms. The highest BCUT2D eigenvalue weighted by atomic mass is 15.0. The van der Waals surface area contributed by atoms with Crippen LogP contribution in [0.4, 0.5) is 0 Å². The van der Waals surface area contributed by atoms with Crippen molar-refractivity contribution < 1.29 is 0 Å². The van der Waals surface area contributed by atoms with Crippen molar-refractivity contribution in [1.82, 2.24) is 5.32 Å². The fourth-order valence-electron chi connectivity index (χ4n) is 0.667. The summed E-state index contributed by atoms with van der Waals surface area (Å²) in [6, 6.07) is 0.